The van der Waals surface area contributed by atoms with Crippen LogP contribution in [0.5, 0.6) is 0 Å². The molecule has 1 aliphatic heterocycles. The van der Waals surface area contributed by atoms with Crippen molar-refractivity contribution in [3.8, 4) is 6.07 Å². The van der Waals surface area contributed by atoms with Gasteiger partial charge in [0.1, 0.15) is 6.54 Å². The average molecular weight is 242 g/mol. The van der Waals surface area contributed by atoms with Gasteiger partial charge in [0.2, 0.25) is 0 Å². The second kappa shape index (κ2) is 4.45. The van der Waals surface area contributed by atoms with Crippen LogP contribution in [-0.4, -0.2) is 23.9 Å². The SMILES string of the molecule is CC(C)(C)c1ccc2c(c1)C(=O)N(CC#N)CC2. The van der Waals surface area contributed by atoms with Gasteiger partial charge in [0, 0.05) is 12.1 Å². The summed E-state index contributed by atoms with van der Waals surface area (Å²) in [5, 5.41) is 8.72. The molecule has 0 N–H and O–H groups in total. The number of nitriles is 1. The van der Waals surface area contributed by atoms with Gasteiger partial charge >= 0.3 is 0 Å². The molecule has 94 valence electrons. The fourth-order valence-corrected chi connectivity index (χ4v) is 2.22. The quantitative estimate of drug-likeness (QED) is 0.710. The molecule has 1 aliphatic rings. The smallest absolute Gasteiger partial charge is 0.255 e. The first-order valence-corrected chi connectivity index (χ1v) is 6.23. The summed E-state index contributed by atoms with van der Waals surface area (Å²) in [6, 6.07) is 8.19. The van der Waals surface area contributed by atoms with Crippen molar-refractivity contribution in [3.63, 3.8) is 0 Å². The Balaban J connectivity index is 2.40. The van der Waals surface area contributed by atoms with Crippen LogP contribution in [0.1, 0.15) is 42.3 Å². The predicted octanol–water partition coefficient (Wildman–Crippen LogP) is 2.51. The molecule has 1 aromatic rings. The Morgan fingerprint density at radius 3 is 2.72 bits per heavy atom. The number of fused-ring (bicyclic) bond motifs is 1. The molecule has 0 saturated carbocycles. The summed E-state index contributed by atoms with van der Waals surface area (Å²) >= 11 is 0. The van der Waals surface area contributed by atoms with E-state index < -0.39 is 0 Å². The number of carbonyl (C=O) groups excluding carboxylic acids is 1. The van der Waals surface area contributed by atoms with Crippen molar-refractivity contribution in [2.45, 2.75) is 32.6 Å². The average Bonchev–Trinajstić information content (AvgIpc) is 2.31. The van der Waals surface area contributed by atoms with E-state index in [9.17, 15) is 4.79 Å². The Morgan fingerprint density at radius 2 is 2.11 bits per heavy atom. The zero-order valence-electron chi connectivity index (χ0n) is 11.2. The van der Waals surface area contributed by atoms with E-state index in [2.05, 4.69) is 32.9 Å². The highest BCUT2D eigenvalue weighted by Crippen LogP contribution is 2.27. The third-order valence-electron chi connectivity index (χ3n) is 3.41. The molecule has 0 fully saturated rings. The van der Waals surface area contributed by atoms with E-state index in [-0.39, 0.29) is 17.9 Å². The standard InChI is InChI=1S/C15H18N2O/c1-15(2,3)12-5-4-11-6-8-17(9-7-16)14(18)13(11)10-12/h4-5,10H,6,8-9H2,1-3H3. The number of benzene rings is 1. The molecule has 0 radical (unpaired) electrons. The maximum atomic E-state index is 12.3. The van der Waals surface area contributed by atoms with E-state index >= 15 is 0 Å². The fourth-order valence-electron chi connectivity index (χ4n) is 2.22. The van der Waals surface area contributed by atoms with Gasteiger partial charge in [-0.2, -0.15) is 5.26 Å². The number of rotatable bonds is 1. The predicted molar refractivity (Wildman–Crippen MR) is 70.4 cm³/mol. The van der Waals surface area contributed by atoms with Gasteiger partial charge in [-0.25, -0.2) is 0 Å². The highest BCUT2D eigenvalue weighted by Gasteiger charge is 2.25. The summed E-state index contributed by atoms with van der Waals surface area (Å²) in [5.74, 6) is -0.0103. The molecule has 1 heterocycles. The Hall–Kier alpha value is -1.82. The fraction of sp³-hybridized carbons (Fsp3) is 0.467. The van der Waals surface area contributed by atoms with Crippen molar-refractivity contribution in [2.24, 2.45) is 0 Å². The number of nitrogens with zero attached hydrogens (tertiary/aromatic N) is 2. The molecular formula is C15H18N2O. The monoisotopic (exact) mass is 242 g/mol. The minimum Gasteiger partial charge on any atom is -0.325 e. The van der Waals surface area contributed by atoms with E-state index in [4.69, 9.17) is 5.26 Å². The van der Waals surface area contributed by atoms with Crippen molar-refractivity contribution in [2.75, 3.05) is 13.1 Å². The van der Waals surface area contributed by atoms with Crippen molar-refractivity contribution in [1.82, 2.24) is 4.90 Å². The zero-order valence-corrected chi connectivity index (χ0v) is 11.2. The van der Waals surface area contributed by atoms with Crippen LogP contribution < -0.4 is 0 Å². The van der Waals surface area contributed by atoms with Crippen LogP contribution in [0.3, 0.4) is 0 Å². The van der Waals surface area contributed by atoms with Crippen LogP contribution in [0.4, 0.5) is 0 Å². The molecule has 18 heavy (non-hydrogen) atoms. The normalized spacial score (nSPS) is 15.2. The van der Waals surface area contributed by atoms with Crippen LogP contribution in [0.25, 0.3) is 0 Å². The van der Waals surface area contributed by atoms with Crippen LogP contribution >= 0.6 is 0 Å². The largest absolute Gasteiger partial charge is 0.325 e. The number of hydrogen-bond donors (Lipinski definition) is 0. The molecule has 0 saturated heterocycles. The molecule has 0 aromatic heterocycles. The Morgan fingerprint density at radius 1 is 1.39 bits per heavy atom. The molecule has 1 aromatic carbocycles. The van der Waals surface area contributed by atoms with Crippen LogP contribution in [-0.2, 0) is 11.8 Å². The Bertz CT molecular complexity index is 520. The third kappa shape index (κ3) is 2.24. The van der Waals surface area contributed by atoms with Gasteiger partial charge in [0.25, 0.3) is 5.91 Å². The van der Waals surface area contributed by atoms with Crippen LogP contribution in [0, 0.1) is 11.3 Å². The molecular weight excluding hydrogens is 224 g/mol. The van der Waals surface area contributed by atoms with E-state index in [0.29, 0.717) is 6.54 Å². The minimum absolute atomic E-state index is 0.0103. The van der Waals surface area contributed by atoms with Gasteiger partial charge < -0.3 is 4.90 Å². The van der Waals surface area contributed by atoms with Gasteiger partial charge in [-0.15, -0.1) is 0 Å². The first-order chi connectivity index (χ1) is 8.43. The second-order valence-electron chi connectivity index (χ2n) is 5.76. The molecule has 0 atom stereocenters. The summed E-state index contributed by atoms with van der Waals surface area (Å²) < 4.78 is 0. The molecule has 0 bridgehead atoms. The highest BCUT2D eigenvalue weighted by molar-refractivity contribution is 5.97. The summed E-state index contributed by atoms with van der Waals surface area (Å²) in [5.41, 5.74) is 3.06. The lowest BCUT2D eigenvalue weighted by Crippen LogP contribution is -2.38. The lowest BCUT2D eigenvalue weighted by Gasteiger charge is -2.28. The molecule has 3 nitrogen and oxygen atoms in total. The minimum atomic E-state index is -0.0103. The third-order valence-corrected chi connectivity index (χ3v) is 3.41. The summed E-state index contributed by atoms with van der Waals surface area (Å²) in [7, 11) is 0. The van der Waals surface area contributed by atoms with Gasteiger partial charge in [-0.05, 0) is 29.0 Å². The second-order valence-corrected chi connectivity index (χ2v) is 5.76. The molecule has 2 rings (SSSR count). The van der Waals surface area contributed by atoms with Gasteiger partial charge in [0.05, 0.1) is 6.07 Å². The maximum absolute atomic E-state index is 12.3. The Kier molecular flexibility index (Phi) is 3.13. The van der Waals surface area contributed by atoms with Gasteiger partial charge in [-0.3, -0.25) is 4.79 Å². The summed E-state index contributed by atoms with van der Waals surface area (Å²) in [6.07, 6.45) is 0.840. The van der Waals surface area contributed by atoms with Gasteiger partial charge in [-0.1, -0.05) is 32.9 Å². The lowest BCUT2D eigenvalue weighted by molar-refractivity contribution is 0.0761. The molecule has 0 aliphatic carbocycles. The Labute approximate surface area is 108 Å². The molecule has 1 amide bonds. The van der Waals surface area contributed by atoms with Crippen LogP contribution in [0.15, 0.2) is 18.2 Å². The van der Waals surface area contributed by atoms with E-state index in [1.165, 1.54) is 0 Å². The zero-order chi connectivity index (χ0) is 13.3. The molecule has 0 spiro atoms. The summed E-state index contributed by atoms with van der Waals surface area (Å²) in [4.78, 5) is 13.9. The number of amides is 1. The first kappa shape index (κ1) is 12.6. The van der Waals surface area contributed by atoms with E-state index in [0.717, 1.165) is 23.1 Å². The first-order valence-electron chi connectivity index (χ1n) is 6.23. The van der Waals surface area contributed by atoms with Crippen molar-refractivity contribution < 1.29 is 4.79 Å². The van der Waals surface area contributed by atoms with Gasteiger partial charge in [0.15, 0.2) is 0 Å². The van der Waals surface area contributed by atoms with Crippen molar-refractivity contribution in [3.05, 3.63) is 34.9 Å². The van der Waals surface area contributed by atoms with Crippen molar-refractivity contribution in [1.29, 1.82) is 5.26 Å². The lowest BCUT2D eigenvalue weighted by atomic mass is 9.84. The number of carbonyl (C=O) groups is 1. The van der Waals surface area contributed by atoms with E-state index in [1.54, 1.807) is 4.90 Å². The number of hydrogen-bond acceptors (Lipinski definition) is 2. The summed E-state index contributed by atoms with van der Waals surface area (Å²) in [6.45, 7) is 7.23. The topological polar surface area (TPSA) is 44.1 Å². The maximum Gasteiger partial charge on any atom is 0.255 e. The highest BCUT2D eigenvalue weighted by atomic mass is 16.2. The van der Waals surface area contributed by atoms with Crippen LogP contribution in [0.2, 0.25) is 0 Å². The van der Waals surface area contributed by atoms with Crippen molar-refractivity contribution >= 4 is 5.91 Å². The molecule has 3 heteroatoms. The van der Waals surface area contributed by atoms with E-state index in [1.807, 2.05) is 12.1 Å². The molecule has 0 unspecified atom stereocenters.